The molecule has 0 fully saturated rings. The van der Waals surface area contributed by atoms with E-state index < -0.39 is 5.97 Å². The van der Waals surface area contributed by atoms with Gasteiger partial charge in [-0.1, -0.05) is 20.8 Å². The van der Waals surface area contributed by atoms with Crippen LogP contribution in [0.4, 0.5) is 0 Å². The first-order valence-electron chi connectivity index (χ1n) is 3.83. The van der Waals surface area contributed by atoms with Crippen molar-refractivity contribution in [3.8, 4) is 0 Å². The first-order chi connectivity index (χ1) is 5.41. The summed E-state index contributed by atoms with van der Waals surface area (Å²) in [6.45, 7) is 6.10. The zero-order valence-electron chi connectivity index (χ0n) is 7.51. The third kappa shape index (κ3) is 1.67. The smallest absolute Gasteiger partial charge is 0.337 e. The molecule has 0 amide bonds. The molecule has 1 heterocycles. The number of rotatable bonds is 1. The van der Waals surface area contributed by atoms with Crippen LogP contribution in [0.5, 0.6) is 0 Å². The van der Waals surface area contributed by atoms with Crippen molar-refractivity contribution in [2.75, 3.05) is 0 Å². The molecule has 12 heavy (non-hydrogen) atoms. The Morgan fingerprint density at radius 2 is 2.08 bits per heavy atom. The van der Waals surface area contributed by atoms with Crippen molar-refractivity contribution in [3.63, 3.8) is 0 Å². The van der Waals surface area contributed by atoms with Gasteiger partial charge in [0.25, 0.3) is 0 Å². The van der Waals surface area contributed by atoms with E-state index >= 15 is 0 Å². The average molecular weight is 167 g/mol. The summed E-state index contributed by atoms with van der Waals surface area (Å²) in [6, 6.07) is 1.67. The number of aromatic amines is 1. The zero-order chi connectivity index (χ0) is 9.35. The number of carboxylic acid groups (broad SMARTS) is 1. The lowest BCUT2D eigenvalue weighted by atomic mass is 9.92. The van der Waals surface area contributed by atoms with E-state index in [-0.39, 0.29) is 5.41 Å². The zero-order valence-corrected chi connectivity index (χ0v) is 7.51. The van der Waals surface area contributed by atoms with E-state index in [1.54, 1.807) is 6.07 Å². The number of hydrogen-bond donors (Lipinski definition) is 2. The van der Waals surface area contributed by atoms with Gasteiger partial charge in [-0.15, -0.1) is 0 Å². The molecule has 0 aliphatic heterocycles. The topological polar surface area (TPSA) is 53.1 Å². The number of carboxylic acids is 1. The van der Waals surface area contributed by atoms with Crippen LogP contribution in [0.25, 0.3) is 0 Å². The van der Waals surface area contributed by atoms with E-state index in [4.69, 9.17) is 5.11 Å². The van der Waals surface area contributed by atoms with Gasteiger partial charge in [-0.2, -0.15) is 0 Å². The lowest BCUT2D eigenvalue weighted by Crippen LogP contribution is -2.11. The Morgan fingerprint density at radius 3 is 2.33 bits per heavy atom. The van der Waals surface area contributed by atoms with Crippen molar-refractivity contribution in [1.29, 1.82) is 0 Å². The molecule has 3 heteroatoms. The largest absolute Gasteiger partial charge is 0.478 e. The molecule has 0 aliphatic carbocycles. The summed E-state index contributed by atoms with van der Waals surface area (Å²) in [7, 11) is 0. The lowest BCUT2D eigenvalue weighted by Gasteiger charge is -2.15. The molecular weight excluding hydrogens is 154 g/mol. The summed E-state index contributed by atoms with van der Waals surface area (Å²) in [5.41, 5.74) is 1.24. The van der Waals surface area contributed by atoms with E-state index in [1.807, 2.05) is 20.8 Å². The molecule has 1 rings (SSSR count). The van der Waals surface area contributed by atoms with E-state index in [0.717, 1.165) is 5.69 Å². The van der Waals surface area contributed by atoms with Gasteiger partial charge in [0.1, 0.15) is 0 Å². The van der Waals surface area contributed by atoms with E-state index in [2.05, 4.69) is 4.98 Å². The molecule has 3 nitrogen and oxygen atoms in total. The fourth-order valence-corrected chi connectivity index (χ4v) is 0.951. The van der Waals surface area contributed by atoms with Crippen molar-refractivity contribution < 1.29 is 9.90 Å². The Hall–Kier alpha value is -1.25. The second kappa shape index (κ2) is 2.66. The van der Waals surface area contributed by atoms with Gasteiger partial charge in [0, 0.05) is 17.3 Å². The van der Waals surface area contributed by atoms with Gasteiger partial charge < -0.3 is 10.1 Å². The minimum absolute atomic E-state index is 0.0201. The second-order valence-electron chi connectivity index (χ2n) is 3.86. The third-order valence-electron chi connectivity index (χ3n) is 1.74. The highest BCUT2D eigenvalue weighted by Crippen LogP contribution is 2.21. The van der Waals surface area contributed by atoms with Gasteiger partial charge in [0.05, 0.1) is 5.56 Å². The van der Waals surface area contributed by atoms with Crippen LogP contribution in [-0.4, -0.2) is 16.1 Å². The standard InChI is InChI=1S/C9H13NO2/c1-9(2,3)7-4-6(5-10-7)8(11)12/h4-5,10H,1-3H3,(H,11,12). The number of H-pyrrole nitrogens is 1. The summed E-state index contributed by atoms with van der Waals surface area (Å²) in [4.78, 5) is 13.5. The molecule has 0 unspecified atom stereocenters. The number of nitrogens with one attached hydrogen (secondary N) is 1. The van der Waals surface area contributed by atoms with Crippen LogP contribution in [0.2, 0.25) is 0 Å². The van der Waals surface area contributed by atoms with Crippen molar-refractivity contribution in [2.45, 2.75) is 26.2 Å². The number of aromatic nitrogens is 1. The van der Waals surface area contributed by atoms with Gasteiger partial charge in [0.2, 0.25) is 0 Å². The van der Waals surface area contributed by atoms with Gasteiger partial charge >= 0.3 is 5.97 Å². The van der Waals surface area contributed by atoms with Crippen LogP contribution in [0.15, 0.2) is 12.3 Å². The maximum Gasteiger partial charge on any atom is 0.337 e. The minimum atomic E-state index is -0.887. The molecule has 1 aromatic heterocycles. The molecule has 66 valence electrons. The van der Waals surface area contributed by atoms with E-state index in [9.17, 15) is 4.79 Å². The lowest BCUT2D eigenvalue weighted by molar-refractivity contribution is 0.0697. The maximum atomic E-state index is 10.5. The number of aromatic carboxylic acids is 1. The Balaban J connectivity index is 3.00. The fraction of sp³-hybridized carbons (Fsp3) is 0.444. The van der Waals surface area contributed by atoms with E-state index in [1.165, 1.54) is 6.20 Å². The Morgan fingerprint density at radius 1 is 1.50 bits per heavy atom. The van der Waals surface area contributed by atoms with Gasteiger partial charge in [-0.25, -0.2) is 4.79 Å². The molecule has 0 bridgehead atoms. The predicted octanol–water partition coefficient (Wildman–Crippen LogP) is 2.01. The molecule has 0 aromatic carbocycles. The summed E-state index contributed by atoms with van der Waals surface area (Å²) >= 11 is 0. The Kier molecular flexibility index (Phi) is 1.96. The molecule has 2 N–H and O–H groups in total. The molecule has 0 saturated heterocycles. The second-order valence-corrected chi connectivity index (χ2v) is 3.86. The molecule has 0 radical (unpaired) electrons. The quantitative estimate of drug-likeness (QED) is 0.672. The van der Waals surface area contributed by atoms with Crippen LogP contribution in [0.3, 0.4) is 0 Å². The molecule has 0 aliphatic rings. The van der Waals surface area contributed by atoms with Crippen molar-refractivity contribution in [3.05, 3.63) is 23.5 Å². The SMILES string of the molecule is CC(C)(C)c1cc(C(=O)O)c[nH]1. The van der Waals surface area contributed by atoms with Crippen LogP contribution in [-0.2, 0) is 5.41 Å². The average Bonchev–Trinajstić information content (AvgIpc) is 2.30. The predicted molar refractivity (Wildman–Crippen MR) is 46.5 cm³/mol. The molecule has 0 spiro atoms. The first-order valence-corrected chi connectivity index (χ1v) is 3.83. The monoisotopic (exact) mass is 167 g/mol. The maximum absolute atomic E-state index is 10.5. The highest BCUT2D eigenvalue weighted by molar-refractivity contribution is 5.87. The van der Waals surface area contributed by atoms with Crippen molar-refractivity contribution >= 4 is 5.97 Å². The van der Waals surface area contributed by atoms with Gasteiger partial charge in [0.15, 0.2) is 0 Å². The molecule has 0 atom stereocenters. The van der Waals surface area contributed by atoms with Gasteiger partial charge in [-0.3, -0.25) is 0 Å². The van der Waals surface area contributed by atoms with Crippen LogP contribution >= 0.6 is 0 Å². The Labute approximate surface area is 71.4 Å². The van der Waals surface area contributed by atoms with Crippen molar-refractivity contribution in [2.24, 2.45) is 0 Å². The minimum Gasteiger partial charge on any atom is -0.478 e. The summed E-state index contributed by atoms with van der Waals surface area (Å²) in [6.07, 6.45) is 1.52. The molecular formula is C9H13NO2. The summed E-state index contributed by atoms with van der Waals surface area (Å²) in [5.74, 6) is -0.887. The summed E-state index contributed by atoms with van der Waals surface area (Å²) < 4.78 is 0. The number of carbonyl (C=O) groups is 1. The van der Waals surface area contributed by atoms with Crippen LogP contribution in [0.1, 0.15) is 36.8 Å². The molecule has 1 aromatic rings. The first kappa shape index (κ1) is 8.84. The Bertz CT molecular complexity index is 294. The highest BCUT2D eigenvalue weighted by atomic mass is 16.4. The highest BCUT2D eigenvalue weighted by Gasteiger charge is 2.17. The fourth-order valence-electron chi connectivity index (χ4n) is 0.951. The van der Waals surface area contributed by atoms with Crippen LogP contribution in [0, 0.1) is 0 Å². The third-order valence-corrected chi connectivity index (χ3v) is 1.74. The van der Waals surface area contributed by atoms with Crippen LogP contribution < -0.4 is 0 Å². The molecule has 0 saturated carbocycles. The van der Waals surface area contributed by atoms with Gasteiger partial charge in [-0.05, 0) is 6.07 Å². The summed E-state index contributed by atoms with van der Waals surface area (Å²) in [5, 5.41) is 8.64. The normalized spacial score (nSPS) is 11.6. The number of hydrogen-bond acceptors (Lipinski definition) is 1. The van der Waals surface area contributed by atoms with Crippen molar-refractivity contribution in [1.82, 2.24) is 4.98 Å². The van der Waals surface area contributed by atoms with E-state index in [0.29, 0.717) is 5.56 Å².